The summed E-state index contributed by atoms with van der Waals surface area (Å²) < 4.78 is 1.90. The first-order valence-electron chi connectivity index (χ1n) is 6.77. The van der Waals surface area contributed by atoms with E-state index in [9.17, 15) is 9.59 Å². The molecular weight excluding hydrogens is 288 g/mol. The second-order valence-corrected chi connectivity index (χ2v) is 5.83. The number of ketones is 1. The molecule has 2 aromatic heterocycles. The standard InChI is InChI=1S/C14H18N4O2S/c1-4-5-10(12-15-6-7-18(12)3)17-13(20)11-8-16-14(21-11)9(2)19/h6-8,10H,4-5H2,1-3H3,(H,17,20). The maximum atomic E-state index is 12.3. The molecule has 7 heteroatoms. The molecule has 0 saturated carbocycles. The first kappa shape index (κ1) is 15.4. The molecule has 0 aromatic carbocycles. The minimum atomic E-state index is -0.221. The molecule has 2 aromatic rings. The number of carbonyl (C=O) groups is 2. The van der Waals surface area contributed by atoms with Crippen molar-refractivity contribution in [2.45, 2.75) is 32.7 Å². The van der Waals surface area contributed by atoms with Crippen LogP contribution in [0.3, 0.4) is 0 Å². The van der Waals surface area contributed by atoms with E-state index in [0.29, 0.717) is 9.88 Å². The van der Waals surface area contributed by atoms with Gasteiger partial charge in [0.15, 0.2) is 10.8 Å². The van der Waals surface area contributed by atoms with Gasteiger partial charge in [0.25, 0.3) is 5.91 Å². The normalized spacial score (nSPS) is 12.1. The molecule has 0 saturated heterocycles. The number of thiazole rings is 1. The van der Waals surface area contributed by atoms with E-state index in [1.807, 2.05) is 17.8 Å². The number of amides is 1. The Morgan fingerprint density at radius 3 is 2.71 bits per heavy atom. The molecule has 1 atom stereocenters. The zero-order valence-corrected chi connectivity index (χ0v) is 13.1. The lowest BCUT2D eigenvalue weighted by Crippen LogP contribution is -2.29. The lowest BCUT2D eigenvalue weighted by molar-refractivity contribution is 0.0935. The summed E-state index contributed by atoms with van der Waals surface area (Å²) >= 11 is 1.11. The zero-order chi connectivity index (χ0) is 15.4. The largest absolute Gasteiger partial charge is 0.341 e. The van der Waals surface area contributed by atoms with Gasteiger partial charge in [0, 0.05) is 26.4 Å². The Morgan fingerprint density at radius 2 is 2.19 bits per heavy atom. The first-order chi connectivity index (χ1) is 10.0. The van der Waals surface area contributed by atoms with Crippen LogP contribution in [-0.2, 0) is 7.05 Å². The van der Waals surface area contributed by atoms with Crippen molar-refractivity contribution < 1.29 is 9.59 Å². The molecule has 0 radical (unpaired) electrons. The van der Waals surface area contributed by atoms with Gasteiger partial charge in [0.05, 0.1) is 12.2 Å². The number of hydrogen-bond donors (Lipinski definition) is 1. The van der Waals surface area contributed by atoms with E-state index in [4.69, 9.17) is 0 Å². The van der Waals surface area contributed by atoms with Crippen LogP contribution in [-0.4, -0.2) is 26.2 Å². The first-order valence-corrected chi connectivity index (χ1v) is 7.59. The molecule has 112 valence electrons. The van der Waals surface area contributed by atoms with E-state index in [1.54, 1.807) is 6.20 Å². The Labute approximate surface area is 127 Å². The van der Waals surface area contributed by atoms with Crippen LogP contribution in [0.4, 0.5) is 0 Å². The number of rotatable bonds is 6. The molecule has 0 aliphatic carbocycles. The van der Waals surface area contributed by atoms with Gasteiger partial charge in [-0.15, -0.1) is 11.3 Å². The van der Waals surface area contributed by atoms with Crippen molar-refractivity contribution in [3.05, 3.63) is 34.3 Å². The number of aryl methyl sites for hydroxylation is 1. The third kappa shape index (κ3) is 3.55. The van der Waals surface area contributed by atoms with E-state index in [2.05, 4.69) is 22.2 Å². The summed E-state index contributed by atoms with van der Waals surface area (Å²) in [7, 11) is 1.90. The van der Waals surface area contributed by atoms with Gasteiger partial charge in [-0.1, -0.05) is 13.3 Å². The molecule has 2 heterocycles. The van der Waals surface area contributed by atoms with Gasteiger partial charge in [-0.05, 0) is 6.42 Å². The lowest BCUT2D eigenvalue weighted by Gasteiger charge is -2.17. The van der Waals surface area contributed by atoms with Crippen molar-refractivity contribution in [1.82, 2.24) is 19.9 Å². The Morgan fingerprint density at radius 1 is 1.43 bits per heavy atom. The predicted octanol–water partition coefficient (Wildman–Crippen LogP) is 2.35. The van der Waals surface area contributed by atoms with Crippen LogP contribution >= 0.6 is 11.3 Å². The summed E-state index contributed by atoms with van der Waals surface area (Å²) in [5.74, 6) is 0.469. The second kappa shape index (κ2) is 6.62. The Kier molecular flexibility index (Phi) is 4.85. The molecule has 1 N–H and O–H groups in total. The number of aromatic nitrogens is 3. The van der Waals surface area contributed by atoms with Crippen LogP contribution in [0.2, 0.25) is 0 Å². The SMILES string of the molecule is CCCC(NC(=O)c1cnc(C(C)=O)s1)c1nccn1C. The van der Waals surface area contributed by atoms with Gasteiger partial charge in [0.2, 0.25) is 0 Å². The van der Waals surface area contributed by atoms with Gasteiger partial charge < -0.3 is 9.88 Å². The Bertz CT molecular complexity index is 647. The third-order valence-electron chi connectivity index (χ3n) is 3.08. The average molecular weight is 306 g/mol. The zero-order valence-electron chi connectivity index (χ0n) is 12.3. The third-order valence-corrected chi connectivity index (χ3v) is 4.18. The van der Waals surface area contributed by atoms with Crippen molar-refractivity contribution in [2.75, 3.05) is 0 Å². The summed E-state index contributed by atoms with van der Waals surface area (Å²) in [5, 5.41) is 3.32. The fourth-order valence-corrected chi connectivity index (χ4v) is 2.75. The molecule has 0 bridgehead atoms. The second-order valence-electron chi connectivity index (χ2n) is 4.80. The maximum absolute atomic E-state index is 12.3. The van der Waals surface area contributed by atoms with Crippen molar-refractivity contribution in [3.63, 3.8) is 0 Å². The van der Waals surface area contributed by atoms with Crippen LogP contribution in [0.5, 0.6) is 0 Å². The van der Waals surface area contributed by atoms with Crippen LogP contribution in [0, 0.1) is 0 Å². The number of imidazole rings is 1. The summed E-state index contributed by atoms with van der Waals surface area (Å²) in [6.45, 7) is 3.50. The lowest BCUT2D eigenvalue weighted by atomic mass is 10.1. The predicted molar refractivity (Wildman–Crippen MR) is 80.4 cm³/mol. The monoisotopic (exact) mass is 306 g/mol. The fourth-order valence-electron chi connectivity index (χ4n) is 2.04. The number of Topliss-reactive ketones (excluding diaryl/α,β-unsaturated/α-hetero) is 1. The van der Waals surface area contributed by atoms with E-state index in [-0.39, 0.29) is 17.7 Å². The van der Waals surface area contributed by atoms with Gasteiger partial charge in [0.1, 0.15) is 10.7 Å². The number of hydrogen-bond acceptors (Lipinski definition) is 5. The number of carbonyl (C=O) groups excluding carboxylic acids is 2. The minimum absolute atomic E-state index is 0.131. The van der Waals surface area contributed by atoms with Gasteiger partial charge in [-0.25, -0.2) is 9.97 Å². The van der Waals surface area contributed by atoms with E-state index in [1.165, 1.54) is 13.1 Å². The molecule has 0 fully saturated rings. The molecule has 6 nitrogen and oxygen atoms in total. The van der Waals surface area contributed by atoms with Gasteiger partial charge in [-0.3, -0.25) is 9.59 Å². The van der Waals surface area contributed by atoms with E-state index < -0.39 is 0 Å². The topological polar surface area (TPSA) is 76.9 Å². The number of nitrogens with zero attached hydrogens (tertiary/aromatic N) is 3. The van der Waals surface area contributed by atoms with Crippen molar-refractivity contribution in [2.24, 2.45) is 7.05 Å². The molecular formula is C14H18N4O2S. The Balaban J connectivity index is 2.14. The summed E-state index contributed by atoms with van der Waals surface area (Å²) in [4.78, 5) is 32.2. The summed E-state index contributed by atoms with van der Waals surface area (Å²) in [6, 6.07) is -0.148. The van der Waals surface area contributed by atoms with Gasteiger partial charge in [-0.2, -0.15) is 0 Å². The molecule has 1 unspecified atom stereocenters. The minimum Gasteiger partial charge on any atom is -0.341 e. The van der Waals surface area contributed by atoms with Crippen LogP contribution in [0.15, 0.2) is 18.6 Å². The molecule has 0 aliphatic heterocycles. The van der Waals surface area contributed by atoms with Crippen molar-refractivity contribution in [3.8, 4) is 0 Å². The summed E-state index contributed by atoms with van der Waals surface area (Å²) in [5.41, 5.74) is 0. The summed E-state index contributed by atoms with van der Waals surface area (Å²) in [6.07, 6.45) is 6.74. The highest BCUT2D eigenvalue weighted by molar-refractivity contribution is 7.15. The van der Waals surface area contributed by atoms with Crippen LogP contribution in [0.1, 0.15) is 58.0 Å². The smallest absolute Gasteiger partial charge is 0.263 e. The van der Waals surface area contributed by atoms with Crippen LogP contribution < -0.4 is 5.32 Å². The average Bonchev–Trinajstić information content (AvgIpc) is 3.06. The van der Waals surface area contributed by atoms with Gasteiger partial charge >= 0.3 is 0 Å². The van der Waals surface area contributed by atoms with Crippen molar-refractivity contribution in [1.29, 1.82) is 0 Å². The quantitative estimate of drug-likeness (QED) is 0.831. The maximum Gasteiger partial charge on any atom is 0.263 e. The molecule has 21 heavy (non-hydrogen) atoms. The van der Waals surface area contributed by atoms with E-state index >= 15 is 0 Å². The molecule has 0 spiro atoms. The van der Waals surface area contributed by atoms with Crippen LogP contribution in [0.25, 0.3) is 0 Å². The van der Waals surface area contributed by atoms with E-state index in [0.717, 1.165) is 30.0 Å². The molecule has 1 amide bonds. The fraction of sp³-hybridized carbons (Fsp3) is 0.429. The molecule has 0 aliphatic rings. The molecule has 2 rings (SSSR count). The number of nitrogens with one attached hydrogen (secondary N) is 1. The highest BCUT2D eigenvalue weighted by Crippen LogP contribution is 2.19. The highest BCUT2D eigenvalue weighted by atomic mass is 32.1. The highest BCUT2D eigenvalue weighted by Gasteiger charge is 2.20. The Hall–Kier alpha value is -2.02. The van der Waals surface area contributed by atoms with Crippen molar-refractivity contribution >= 4 is 23.0 Å².